The molecule has 1 amide bonds. The quantitative estimate of drug-likeness (QED) is 0.749. The highest BCUT2D eigenvalue weighted by atomic mass is 16.2. The van der Waals surface area contributed by atoms with Crippen LogP contribution in [0.3, 0.4) is 0 Å². The van der Waals surface area contributed by atoms with E-state index in [2.05, 4.69) is 12.2 Å². The van der Waals surface area contributed by atoms with Crippen molar-refractivity contribution in [1.29, 1.82) is 0 Å². The molecule has 0 aromatic heterocycles. The lowest BCUT2D eigenvalue weighted by Gasteiger charge is -2.16. The Balaban J connectivity index is 1.58. The molecule has 3 aliphatic rings. The first-order chi connectivity index (χ1) is 7.76. The van der Waals surface area contributed by atoms with E-state index >= 15 is 0 Å². The van der Waals surface area contributed by atoms with Gasteiger partial charge in [0, 0.05) is 18.5 Å². The van der Waals surface area contributed by atoms with Crippen molar-refractivity contribution in [2.24, 2.45) is 35.3 Å². The Morgan fingerprint density at radius 1 is 1.38 bits per heavy atom. The molecule has 2 bridgehead atoms. The third-order valence-corrected chi connectivity index (χ3v) is 5.16. The summed E-state index contributed by atoms with van der Waals surface area (Å²) in [4.78, 5) is 12.1. The third kappa shape index (κ3) is 1.41. The number of fused-ring (bicyclic) bond motifs is 5. The second-order valence-corrected chi connectivity index (χ2v) is 5.86. The van der Waals surface area contributed by atoms with Gasteiger partial charge < -0.3 is 11.1 Å². The molecule has 0 heterocycles. The van der Waals surface area contributed by atoms with Crippen LogP contribution in [0.2, 0.25) is 0 Å². The summed E-state index contributed by atoms with van der Waals surface area (Å²) in [7, 11) is 0. The van der Waals surface area contributed by atoms with Gasteiger partial charge in [-0.2, -0.15) is 0 Å². The summed E-state index contributed by atoms with van der Waals surface area (Å²) in [6.45, 7) is 2.65. The van der Waals surface area contributed by atoms with Gasteiger partial charge in [-0.3, -0.25) is 4.79 Å². The van der Waals surface area contributed by atoms with Crippen molar-refractivity contribution in [3.63, 3.8) is 0 Å². The van der Waals surface area contributed by atoms with E-state index in [4.69, 9.17) is 5.73 Å². The van der Waals surface area contributed by atoms with Crippen LogP contribution in [0.5, 0.6) is 0 Å². The van der Waals surface area contributed by atoms with Gasteiger partial charge in [0.1, 0.15) is 0 Å². The van der Waals surface area contributed by atoms with Crippen molar-refractivity contribution in [3.05, 3.63) is 0 Å². The number of carbonyl (C=O) groups is 1. The molecule has 90 valence electrons. The summed E-state index contributed by atoms with van der Waals surface area (Å²) in [6.07, 6.45) is 5.11. The van der Waals surface area contributed by atoms with Crippen LogP contribution in [0.1, 0.15) is 32.6 Å². The fourth-order valence-corrected chi connectivity index (χ4v) is 4.30. The number of nitrogens with one attached hydrogen (secondary N) is 1. The fourth-order valence-electron chi connectivity index (χ4n) is 4.30. The molecule has 3 aliphatic carbocycles. The molecule has 3 fully saturated rings. The molecule has 3 N–H and O–H groups in total. The van der Waals surface area contributed by atoms with E-state index in [1.54, 1.807) is 0 Å². The first kappa shape index (κ1) is 10.6. The molecule has 5 atom stereocenters. The van der Waals surface area contributed by atoms with Crippen LogP contribution in [0.25, 0.3) is 0 Å². The van der Waals surface area contributed by atoms with Crippen molar-refractivity contribution in [2.45, 2.75) is 38.6 Å². The van der Waals surface area contributed by atoms with Crippen LogP contribution in [0, 0.1) is 29.6 Å². The Morgan fingerprint density at radius 2 is 2.00 bits per heavy atom. The van der Waals surface area contributed by atoms with Crippen molar-refractivity contribution in [3.8, 4) is 0 Å². The van der Waals surface area contributed by atoms with E-state index in [0.717, 1.165) is 30.1 Å². The zero-order valence-electron chi connectivity index (χ0n) is 9.99. The maximum atomic E-state index is 12.1. The van der Waals surface area contributed by atoms with Crippen LogP contribution in [-0.2, 0) is 4.79 Å². The molecule has 0 aromatic carbocycles. The molecule has 3 rings (SSSR count). The van der Waals surface area contributed by atoms with Gasteiger partial charge in [0.2, 0.25) is 5.91 Å². The van der Waals surface area contributed by atoms with Gasteiger partial charge in [0.25, 0.3) is 0 Å². The summed E-state index contributed by atoms with van der Waals surface area (Å²) in [6, 6.07) is 0.187. The lowest BCUT2D eigenvalue weighted by Crippen LogP contribution is -2.41. The molecular formula is C13H22N2O. The molecular weight excluding hydrogens is 200 g/mol. The number of carbonyl (C=O) groups excluding carboxylic acids is 1. The Bertz CT molecular complexity index is 284. The van der Waals surface area contributed by atoms with E-state index in [0.29, 0.717) is 18.4 Å². The highest BCUT2D eigenvalue weighted by Gasteiger charge is 2.67. The van der Waals surface area contributed by atoms with Gasteiger partial charge in [-0.25, -0.2) is 0 Å². The largest absolute Gasteiger partial charge is 0.352 e. The fraction of sp³-hybridized carbons (Fsp3) is 0.923. The van der Waals surface area contributed by atoms with Crippen LogP contribution in [0.4, 0.5) is 0 Å². The van der Waals surface area contributed by atoms with Gasteiger partial charge in [0.15, 0.2) is 0 Å². The average molecular weight is 222 g/mol. The molecule has 0 radical (unpaired) electrons. The zero-order valence-corrected chi connectivity index (χ0v) is 9.99. The lowest BCUT2D eigenvalue weighted by molar-refractivity contribution is -0.124. The summed E-state index contributed by atoms with van der Waals surface area (Å²) < 4.78 is 0. The van der Waals surface area contributed by atoms with Crippen molar-refractivity contribution in [1.82, 2.24) is 5.32 Å². The molecule has 16 heavy (non-hydrogen) atoms. The topological polar surface area (TPSA) is 55.1 Å². The van der Waals surface area contributed by atoms with Gasteiger partial charge in [-0.1, -0.05) is 6.92 Å². The number of nitrogens with two attached hydrogens (primary N) is 1. The first-order valence-electron chi connectivity index (χ1n) is 6.76. The minimum atomic E-state index is 0.187. The second kappa shape index (κ2) is 3.73. The molecule has 3 heteroatoms. The van der Waals surface area contributed by atoms with E-state index in [1.807, 2.05) is 0 Å². The van der Waals surface area contributed by atoms with Gasteiger partial charge in [-0.15, -0.1) is 0 Å². The lowest BCUT2D eigenvalue weighted by atomic mass is 10.0. The molecule has 3 saturated carbocycles. The summed E-state index contributed by atoms with van der Waals surface area (Å²) >= 11 is 0. The van der Waals surface area contributed by atoms with Crippen LogP contribution >= 0.6 is 0 Å². The highest BCUT2D eigenvalue weighted by molar-refractivity contribution is 5.83. The van der Waals surface area contributed by atoms with Gasteiger partial charge in [-0.05, 0) is 49.4 Å². The predicted octanol–water partition coefficient (Wildman–Crippen LogP) is 1.13. The zero-order chi connectivity index (χ0) is 11.3. The molecule has 0 saturated heterocycles. The van der Waals surface area contributed by atoms with Crippen LogP contribution in [0.15, 0.2) is 0 Å². The number of hydrogen-bond acceptors (Lipinski definition) is 2. The van der Waals surface area contributed by atoms with E-state index in [-0.39, 0.29) is 6.04 Å². The minimum Gasteiger partial charge on any atom is -0.352 e. The Hall–Kier alpha value is -0.570. The molecule has 0 aromatic rings. The Morgan fingerprint density at radius 3 is 2.50 bits per heavy atom. The van der Waals surface area contributed by atoms with E-state index in [9.17, 15) is 4.79 Å². The summed E-state index contributed by atoms with van der Waals surface area (Å²) in [5.41, 5.74) is 5.62. The Kier molecular flexibility index (Phi) is 2.46. The van der Waals surface area contributed by atoms with E-state index in [1.165, 1.54) is 19.3 Å². The summed E-state index contributed by atoms with van der Waals surface area (Å²) in [5, 5.41) is 3.11. The molecule has 0 spiro atoms. The SMILES string of the molecule is CCC(CN)NC(=O)C1C2C3CCC(C3)C12. The Labute approximate surface area is 97.2 Å². The maximum Gasteiger partial charge on any atom is 0.223 e. The van der Waals surface area contributed by atoms with Crippen LogP contribution < -0.4 is 11.1 Å². The summed E-state index contributed by atoms with van der Waals surface area (Å²) in [5.74, 6) is 3.89. The van der Waals surface area contributed by atoms with Gasteiger partial charge in [0.05, 0.1) is 0 Å². The number of rotatable bonds is 4. The molecule has 5 unspecified atom stereocenters. The highest BCUT2D eigenvalue weighted by Crippen LogP contribution is 2.69. The molecule has 3 nitrogen and oxygen atoms in total. The number of hydrogen-bond donors (Lipinski definition) is 2. The minimum absolute atomic E-state index is 0.187. The second-order valence-electron chi connectivity index (χ2n) is 5.86. The van der Waals surface area contributed by atoms with Gasteiger partial charge >= 0.3 is 0 Å². The smallest absolute Gasteiger partial charge is 0.223 e. The normalized spacial score (nSPS) is 45.2. The van der Waals surface area contributed by atoms with Crippen molar-refractivity contribution >= 4 is 5.91 Å². The maximum absolute atomic E-state index is 12.1. The first-order valence-corrected chi connectivity index (χ1v) is 6.76. The average Bonchev–Trinajstić information content (AvgIpc) is 2.75. The monoisotopic (exact) mass is 222 g/mol. The van der Waals surface area contributed by atoms with Crippen molar-refractivity contribution in [2.75, 3.05) is 6.54 Å². The molecule has 0 aliphatic heterocycles. The predicted molar refractivity (Wildman–Crippen MR) is 62.6 cm³/mol. The van der Waals surface area contributed by atoms with Crippen LogP contribution in [-0.4, -0.2) is 18.5 Å². The van der Waals surface area contributed by atoms with Crippen molar-refractivity contribution < 1.29 is 4.79 Å². The van der Waals surface area contributed by atoms with E-state index < -0.39 is 0 Å². The standard InChI is InChI=1S/C13H22N2O/c1-2-9(6-14)15-13(16)12-10-7-3-4-8(5-7)11(10)12/h7-12H,2-6,14H2,1H3,(H,15,16). The third-order valence-electron chi connectivity index (χ3n) is 5.16. The number of amides is 1.